The smallest absolute Gasteiger partial charge is 0.199 e. The van der Waals surface area contributed by atoms with E-state index in [1.807, 2.05) is 6.07 Å². The van der Waals surface area contributed by atoms with Crippen molar-refractivity contribution in [1.29, 1.82) is 0 Å². The van der Waals surface area contributed by atoms with Crippen LogP contribution >= 0.6 is 11.6 Å². The Balaban J connectivity index is 2.50. The van der Waals surface area contributed by atoms with Gasteiger partial charge in [0.15, 0.2) is 9.04 Å². The number of benzene rings is 1. The average Bonchev–Trinajstić information content (AvgIpc) is 2.70. The Morgan fingerprint density at radius 1 is 1.27 bits per heavy atom. The molecule has 1 heterocycles. The molecule has 0 spiro atoms. The lowest BCUT2D eigenvalue weighted by Gasteiger charge is -2.38. The number of halogens is 1. The lowest BCUT2D eigenvalue weighted by Crippen LogP contribution is -2.37. The molecule has 0 amide bonds. The van der Waals surface area contributed by atoms with E-state index >= 15 is 0 Å². The average molecular weight is 340 g/mol. The summed E-state index contributed by atoms with van der Waals surface area (Å²) in [5, 5.41) is 3.19. The van der Waals surface area contributed by atoms with Gasteiger partial charge in [0.25, 0.3) is 0 Å². The van der Waals surface area contributed by atoms with Crippen molar-refractivity contribution in [3.8, 4) is 0 Å². The topological polar surface area (TPSA) is 12.5 Å². The molecule has 0 radical (unpaired) electrons. The van der Waals surface area contributed by atoms with Crippen molar-refractivity contribution in [2.75, 3.05) is 0 Å². The summed E-state index contributed by atoms with van der Waals surface area (Å²) in [5.74, 6) is 0. The molecule has 0 bridgehead atoms. The summed E-state index contributed by atoms with van der Waals surface area (Å²) in [6.07, 6.45) is 3.51. The molecule has 0 fully saturated rings. The zero-order valence-electron chi connectivity index (χ0n) is 14.8. The number of nitrogens with zero attached hydrogens (tertiary/aromatic N) is 1. The number of hydroxylamine groups is 2. The van der Waals surface area contributed by atoms with Crippen molar-refractivity contribution < 1.29 is 4.53 Å². The van der Waals surface area contributed by atoms with Crippen LogP contribution in [0.25, 0.3) is 0 Å². The van der Waals surface area contributed by atoms with Gasteiger partial charge in [0.1, 0.15) is 0 Å². The third kappa shape index (κ3) is 3.59. The van der Waals surface area contributed by atoms with E-state index in [2.05, 4.69) is 58.0 Å². The number of hydrogen-bond acceptors (Lipinski definition) is 2. The molecular formula is C18H30ClNOSi. The Kier molecular flexibility index (Phi) is 5.76. The molecule has 1 aliphatic rings. The molecule has 0 N–H and O–H groups in total. The molecule has 2 unspecified atom stereocenters. The molecule has 22 heavy (non-hydrogen) atoms. The lowest BCUT2D eigenvalue weighted by atomic mass is 9.83. The van der Waals surface area contributed by atoms with E-state index in [-0.39, 0.29) is 11.5 Å². The predicted molar refractivity (Wildman–Crippen MR) is 97.7 cm³/mol. The fourth-order valence-electron chi connectivity index (χ4n) is 3.48. The second kappa shape index (κ2) is 7.04. The molecule has 2 rings (SSSR count). The summed E-state index contributed by atoms with van der Waals surface area (Å²) in [6, 6.07) is 6.91. The van der Waals surface area contributed by atoms with Crippen LogP contribution in [0.15, 0.2) is 18.2 Å². The molecule has 0 aromatic heterocycles. The molecule has 1 aliphatic heterocycles. The van der Waals surface area contributed by atoms with Crippen LogP contribution < -0.4 is 0 Å². The van der Waals surface area contributed by atoms with Crippen LogP contribution in [0, 0.1) is 5.41 Å². The summed E-state index contributed by atoms with van der Waals surface area (Å²) in [7, 11) is -1.17. The first-order valence-corrected chi connectivity index (χ1v) is 11.7. The highest BCUT2D eigenvalue weighted by molar-refractivity contribution is 6.48. The van der Waals surface area contributed by atoms with Crippen molar-refractivity contribution in [2.24, 2.45) is 5.41 Å². The zero-order chi connectivity index (χ0) is 16.5. The predicted octanol–water partition coefficient (Wildman–Crippen LogP) is 5.89. The van der Waals surface area contributed by atoms with E-state index in [1.165, 1.54) is 24.0 Å². The highest BCUT2D eigenvalue weighted by Gasteiger charge is 2.45. The quantitative estimate of drug-likeness (QED) is 0.620. The van der Waals surface area contributed by atoms with Gasteiger partial charge in [-0.3, -0.25) is 0 Å². The second-order valence-electron chi connectivity index (χ2n) is 7.68. The maximum atomic E-state index is 6.59. The van der Waals surface area contributed by atoms with E-state index in [9.17, 15) is 0 Å². The summed E-state index contributed by atoms with van der Waals surface area (Å²) in [6.45, 7) is 13.6. The van der Waals surface area contributed by atoms with Gasteiger partial charge in [-0.2, -0.15) is 5.06 Å². The Morgan fingerprint density at radius 2 is 1.95 bits per heavy atom. The first-order chi connectivity index (χ1) is 10.3. The molecule has 0 saturated heterocycles. The van der Waals surface area contributed by atoms with Crippen molar-refractivity contribution in [1.82, 2.24) is 5.06 Å². The highest BCUT2D eigenvalue weighted by atomic mass is 35.5. The maximum absolute atomic E-state index is 6.59. The summed E-state index contributed by atoms with van der Waals surface area (Å²) in [5.41, 5.74) is 2.77. The highest BCUT2D eigenvalue weighted by Crippen LogP contribution is 2.53. The van der Waals surface area contributed by atoms with Crippen molar-refractivity contribution in [3.05, 3.63) is 34.3 Å². The number of fused-ring (bicyclic) bond motifs is 1. The SMILES string of the molecule is CCCCC1c2c(Cl)cccc2C(C(C)(C)C)N1O[SiH](C)C. The minimum Gasteiger partial charge on any atom is -0.346 e. The number of hydrogen-bond donors (Lipinski definition) is 0. The summed E-state index contributed by atoms with van der Waals surface area (Å²) in [4.78, 5) is 0. The van der Waals surface area contributed by atoms with Gasteiger partial charge in [0, 0.05) is 5.02 Å². The number of rotatable bonds is 5. The minimum atomic E-state index is -1.17. The molecule has 0 saturated carbocycles. The van der Waals surface area contributed by atoms with Crippen molar-refractivity contribution in [3.63, 3.8) is 0 Å². The van der Waals surface area contributed by atoms with Gasteiger partial charge >= 0.3 is 0 Å². The minimum absolute atomic E-state index is 0.115. The Morgan fingerprint density at radius 3 is 2.50 bits per heavy atom. The zero-order valence-corrected chi connectivity index (χ0v) is 16.7. The third-order valence-corrected chi connectivity index (χ3v) is 5.25. The molecular weight excluding hydrogens is 310 g/mol. The molecule has 1 aromatic rings. The van der Waals surface area contributed by atoms with Gasteiger partial charge in [-0.25, -0.2) is 0 Å². The van der Waals surface area contributed by atoms with E-state index in [0.29, 0.717) is 6.04 Å². The van der Waals surface area contributed by atoms with Crippen LogP contribution in [0.3, 0.4) is 0 Å². The largest absolute Gasteiger partial charge is 0.346 e. The van der Waals surface area contributed by atoms with Crippen LogP contribution in [-0.2, 0) is 4.53 Å². The van der Waals surface area contributed by atoms with Gasteiger partial charge in [-0.05, 0) is 42.1 Å². The Bertz CT molecular complexity index is 512. The van der Waals surface area contributed by atoms with Crippen molar-refractivity contribution in [2.45, 2.75) is 72.1 Å². The normalized spacial score (nSPS) is 22.4. The first-order valence-electron chi connectivity index (χ1n) is 8.50. The monoisotopic (exact) mass is 339 g/mol. The molecule has 0 aliphatic carbocycles. The van der Waals surface area contributed by atoms with Crippen LogP contribution in [0.4, 0.5) is 0 Å². The van der Waals surface area contributed by atoms with E-state index in [1.54, 1.807) is 0 Å². The van der Waals surface area contributed by atoms with Gasteiger partial charge in [0.05, 0.1) is 12.1 Å². The fraction of sp³-hybridized carbons (Fsp3) is 0.667. The van der Waals surface area contributed by atoms with Gasteiger partial charge in [-0.15, -0.1) is 0 Å². The number of unbranched alkanes of at least 4 members (excludes halogenated alkanes) is 1. The molecule has 4 heteroatoms. The fourth-order valence-corrected chi connectivity index (χ4v) is 4.55. The molecule has 124 valence electrons. The standard InChI is InChI=1S/C18H30ClNOSi/c1-7-8-12-15-16-13(10-9-11-14(16)19)17(18(2,3)4)20(15)21-22(5)6/h9-11,15,17,22H,7-8,12H2,1-6H3. The Hall–Kier alpha value is -0.353. The van der Waals surface area contributed by atoms with Gasteiger partial charge in [0.2, 0.25) is 0 Å². The van der Waals surface area contributed by atoms with Crippen LogP contribution in [0.2, 0.25) is 18.1 Å². The second-order valence-corrected chi connectivity index (χ2v) is 10.4. The summed E-state index contributed by atoms with van der Waals surface area (Å²) < 4.78 is 6.41. The van der Waals surface area contributed by atoms with E-state index < -0.39 is 9.04 Å². The van der Waals surface area contributed by atoms with Crippen LogP contribution in [0.5, 0.6) is 0 Å². The Labute approximate surface area is 142 Å². The third-order valence-electron chi connectivity index (χ3n) is 4.26. The molecule has 2 atom stereocenters. The van der Waals surface area contributed by atoms with E-state index in [0.717, 1.165) is 11.4 Å². The van der Waals surface area contributed by atoms with Crippen LogP contribution in [-0.4, -0.2) is 14.1 Å². The first kappa shape index (κ1) is 18.0. The molecule has 2 nitrogen and oxygen atoms in total. The van der Waals surface area contributed by atoms with Crippen molar-refractivity contribution >= 4 is 20.6 Å². The lowest BCUT2D eigenvalue weighted by molar-refractivity contribution is -0.153. The maximum Gasteiger partial charge on any atom is 0.199 e. The van der Waals surface area contributed by atoms with Gasteiger partial charge < -0.3 is 4.53 Å². The summed E-state index contributed by atoms with van der Waals surface area (Å²) >= 11 is 6.59. The molecule has 1 aromatic carbocycles. The van der Waals surface area contributed by atoms with Gasteiger partial charge in [-0.1, -0.05) is 64.3 Å². The van der Waals surface area contributed by atoms with E-state index in [4.69, 9.17) is 16.1 Å². The van der Waals surface area contributed by atoms with Crippen LogP contribution in [0.1, 0.15) is 70.2 Å².